The SMILES string of the molecule is CCc1cc(N2CCN(c3ccccc3F)CC2)nc(SCc2cccc(C(=O)NN3CCOCC3)c2)n1. The van der Waals surface area contributed by atoms with Crippen molar-refractivity contribution in [2.75, 3.05) is 62.3 Å². The molecule has 3 heterocycles. The number of morpholine rings is 1. The Bertz CT molecular complexity index is 1250. The van der Waals surface area contributed by atoms with E-state index < -0.39 is 0 Å². The highest BCUT2D eigenvalue weighted by Gasteiger charge is 2.21. The lowest BCUT2D eigenvalue weighted by molar-refractivity contribution is 0.0126. The van der Waals surface area contributed by atoms with Gasteiger partial charge in [-0.05, 0) is 36.2 Å². The fourth-order valence-corrected chi connectivity index (χ4v) is 5.40. The minimum absolute atomic E-state index is 0.111. The summed E-state index contributed by atoms with van der Waals surface area (Å²) in [6.07, 6.45) is 0.815. The lowest BCUT2D eigenvalue weighted by atomic mass is 10.1. The number of nitrogens with zero attached hydrogens (tertiary/aromatic N) is 5. The first-order valence-corrected chi connectivity index (χ1v) is 14.1. The molecule has 1 amide bonds. The third kappa shape index (κ3) is 6.61. The number of aromatic nitrogens is 2. The monoisotopic (exact) mass is 536 g/mol. The van der Waals surface area contributed by atoms with Crippen molar-refractivity contribution in [2.45, 2.75) is 24.3 Å². The van der Waals surface area contributed by atoms with Gasteiger partial charge in [-0.2, -0.15) is 0 Å². The van der Waals surface area contributed by atoms with Gasteiger partial charge in [0.05, 0.1) is 18.9 Å². The van der Waals surface area contributed by atoms with E-state index in [1.807, 2.05) is 41.4 Å². The first kappa shape index (κ1) is 26.4. The second-order valence-corrected chi connectivity index (χ2v) is 10.3. The predicted octanol–water partition coefficient (Wildman–Crippen LogP) is 3.77. The average molecular weight is 537 g/mol. The van der Waals surface area contributed by atoms with Crippen LogP contribution in [0.15, 0.2) is 59.8 Å². The minimum atomic E-state index is -0.183. The molecule has 0 aliphatic carbocycles. The van der Waals surface area contributed by atoms with E-state index in [1.54, 1.807) is 17.8 Å². The fraction of sp³-hybridized carbons (Fsp3) is 0.393. The van der Waals surface area contributed by atoms with Crippen molar-refractivity contribution in [3.05, 3.63) is 77.2 Å². The Labute approximate surface area is 227 Å². The number of aryl methyl sites for hydroxylation is 1. The van der Waals surface area contributed by atoms with Crippen LogP contribution in [0.1, 0.15) is 28.5 Å². The molecule has 10 heteroatoms. The van der Waals surface area contributed by atoms with Crippen LogP contribution in [0.2, 0.25) is 0 Å². The normalized spacial score (nSPS) is 16.5. The fourth-order valence-electron chi connectivity index (χ4n) is 4.59. The van der Waals surface area contributed by atoms with Crippen LogP contribution in [0.4, 0.5) is 15.9 Å². The third-order valence-electron chi connectivity index (χ3n) is 6.73. The smallest absolute Gasteiger partial charge is 0.265 e. The molecule has 200 valence electrons. The van der Waals surface area contributed by atoms with Crippen molar-refractivity contribution in [1.82, 2.24) is 20.4 Å². The van der Waals surface area contributed by atoms with Gasteiger partial charge >= 0.3 is 0 Å². The Hall–Kier alpha value is -3.21. The number of hydrogen-bond donors (Lipinski definition) is 1. The molecule has 0 atom stereocenters. The number of halogens is 1. The van der Waals surface area contributed by atoms with E-state index in [9.17, 15) is 9.18 Å². The van der Waals surface area contributed by atoms with Crippen LogP contribution in [-0.4, -0.2) is 73.4 Å². The topological polar surface area (TPSA) is 73.8 Å². The van der Waals surface area contributed by atoms with Gasteiger partial charge < -0.3 is 14.5 Å². The molecule has 2 fully saturated rings. The second kappa shape index (κ2) is 12.6. The van der Waals surface area contributed by atoms with Gasteiger partial charge in [0.2, 0.25) is 0 Å². The summed E-state index contributed by atoms with van der Waals surface area (Å²) < 4.78 is 19.6. The molecule has 5 rings (SSSR count). The van der Waals surface area contributed by atoms with Gasteiger partial charge in [0.25, 0.3) is 5.91 Å². The van der Waals surface area contributed by atoms with Crippen molar-refractivity contribution < 1.29 is 13.9 Å². The van der Waals surface area contributed by atoms with E-state index in [4.69, 9.17) is 14.7 Å². The summed E-state index contributed by atoms with van der Waals surface area (Å²) in [5.41, 5.74) is 6.28. The van der Waals surface area contributed by atoms with Gasteiger partial charge in [0.1, 0.15) is 11.6 Å². The summed E-state index contributed by atoms with van der Waals surface area (Å²) in [7, 11) is 0. The van der Waals surface area contributed by atoms with Crippen LogP contribution >= 0.6 is 11.8 Å². The Morgan fingerprint density at radius 1 is 0.974 bits per heavy atom. The zero-order valence-electron chi connectivity index (χ0n) is 21.6. The van der Waals surface area contributed by atoms with Crippen LogP contribution in [0.5, 0.6) is 0 Å². The quantitative estimate of drug-likeness (QED) is 0.345. The zero-order chi connectivity index (χ0) is 26.3. The number of thioether (sulfide) groups is 1. The zero-order valence-corrected chi connectivity index (χ0v) is 22.4. The highest BCUT2D eigenvalue weighted by molar-refractivity contribution is 7.98. The molecule has 38 heavy (non-hydrogen) atoms. The Balaban J connectivity index is 1.21. The number of anilines is 2. The molecule has 0 bridgehead atoms. The van der Waals surface area contributed by atoms with E-state index in [0.717, 1.165) is 54.8 Å². The first-order chi connectivity index (χ1) is 18.6. The van der Waals surface area contributed by atoms with E-state index >= 15 is 0 Å². The van der Waals surface area contributed by atoms with Crippen LogP contribution in [0, 0.1) is 5.82 Å². The number of amides is 1. The number of hydrazine groups is 1. The molecule has 2 aromatic carbocycles. The molecule has 1 N–H and O–H groups in total. The minimum Gasteiger partial charge on any atom is -0.379 e. The van der Waals surface area contributed by atoms with Gasteiger partial charge in [0, 0.05) is 62.3 Å². The first-order valence-electron chi connectivity index (χ1n) is 13.1. The maximum Gasteiger partial charge on any atom is 0.265 e. The molecule has 2 aliphatic rings. The second-order valence-electron chi connectivity index (χ2n) is 9.31. The van der Waals surface area contributed by atoms with Gasteiger partial charge in [-0.1, -0.05) is 43.0 Å². The molecule has 3 aromatic rings. The molecule has 0 spiro atoms. The van der Waals surface area contributed by atoms with Crippen LogP contribution in [0.3, 0.4) is 0 Å². The maximum atomic E-state index is 14.2. The van der Waals surface area contributed by atoms with E-state index in [2.05, 4.69) is 28.2 Å². The Kier molecular flexibility index (Phi) is 8.72. The number of piperazine rings is 1. The number of carbonyl (C=O) groups excluding carboxylic acids is 1. The lowest BCUT2D eigenvalue weighted by Gasteiger charge is -2.37. The van der Waals surface area contributed by atoms with Crippen LogP contribution in [0.25, 0.3) is 0 Å². The molecular formula is C28H33FN6O2S. The molecular weight excluding hydrogens is 503 g/mol. The summed E-state index contributed by atoms with van der Waals surface area (Å²) in [4.78, 5) is 26.7. The maximum absolute atomic E-state index is 14.2. The van der Waals surface area contributed by atoms with Gasteiger partial charge in [-0.15, -0.1) is 0 Å². The van der Waals surface area contributed by atoms with Crippen LogP contribution in [-0.2, 0) is 16.9 Å². The van der Waals surface area contributed by atoms with Crippen molar-refractivity contribution >= 4 is 29.2 Å². The largest absolute Gasteiger partial charge is 0.379 e. The van der Waals surface area contributed by atoms with Crippen molar-refractivity contribution in [3.8, 4) is 0 Å². The Morgan fingerprint density at radius 3 is 2.50 bits per heavy atom. The molecule has 1 aromatic heterocycles. The van der Waals surface area contributed by atoms with Gasteiger partial charge in [-0.3, -0.25) is 10.2 Å². The number of carbonyl (C=O) groups is 1. The number of ether oxygens (including phenoxy) is 1. The number of para-hydroxylation sites is 1. The van der Waals surface area contributed by atoms with Crippen LogP contribution < -0.4 is 15.2 Å². The van der Waals surface area contributed by atoms with E-state index in [1.165, 1.54) is 6.07 Å². The van der Waals surface area contributed by atoms with Gasteiger partial charge in [0.15, 0.2) is 5.16 Å². The van der Waals surface area contributed by atoms with E-state index in [-0.39, 0.29) is 11.7 Å². The summed E-state index contributed by atoms with van der Waals surface area (Å²) in [5, 5.41) is 2.62. The van der Waals surface area contributed by atoms with E-state index in [0.29, 0.717) is 43.3 Å². The van der Waals surface area contributed by atoms with Crippen molar-refractivity contribution in [2.24, 2.45) is 0 Å². The number of nitrogens with one attached hydrogen (secondary N) is 1. The third-order valence-corrected chi connectivity index (χ3v) is 7.65. The highest BCUT2D eigenvalue weighted by Crippen LogP contribution is 2.26. The Morgan fingerprint density at radius 2 is 1.74 bits per heavy atom. The number of hydrogen-bond acceptors (Lipinski definition) is 8. The molecule has 2 aliphatic heterocycles. The highest BCUT2D eigenvalue weighted by atomic mass is 32.2. The molecule has 2 saturated heterocycles. The summed E-state index contributed by atoms with van der Waals surface area (Å²) in [5.74, 6) is 1.27. The molecule has 0 saturated carbocycles. The van der Waals surface area contributed by atoms with Crippen molar-refractivity contribution in [3.63, 3.8) is 0 Å². The summed E-state index contributed by atoms with van der Waals surface area (Å²) >= 11 is 1.57. The molecule has 8 nitrogen and oxygen atoms in total. The van der Waals surface area contributed by atoms with Crippen molar-refractivity contribution in [1.29, 1.82) is 0 Å². The number of rotatable bonds is 8. The summed E-state index contributed by atoms with van der Waals surface area (Å²) in [6, 6.07) is 16.7. The average Bonchev–Trinajstić information content (AvgIpc) is 2.97. The lowest BCUT2D eigenvalue weighted by Crippen LogP contribution is -2.48. The number of benzene rings is 2. The molecule has 0 unspecified atom stereocenters. The summed E-state index contributed by atoms with van der Waals surface area (Å²) in [6.45, 7) is 7.70. The molecule has 0 radical (unpaired) electrons. The predicted molar refractivity (Wildman–Crippen MR) is 148 cm³/mol. The standard InChI is InChI=1S/C28H33FN6O2S/c1-2-23-19-26(34-12-10-33(11-13-34)25-9-4-3-8-24(25)29)31-28(30-23)38-20-21-6-5-7-22(18-21)27(36)32-35-14-16-37-17-15-35/h3-9,18-19H,2,10-17,20H2,1H3,(H,32,36). The van der Waals surface area contributed by atoms with Gasteiger partial charge in [-0.25, -0.2) is 19.4 Å².